The minimum atomic E-state index is -1.90. The summed E-state index contributed by atoms with van der Waals surface area (Å²) in [6.45, 7) is 6.49. The number of thiazole rings is 1. The Morgan fingerprint density at radius 1 is 0.928 bits per heavy atom. The van der Waals surface area contributed by atoms with Crippen LogP contribution >= 0.6 is 44.5 Å². The van der Waals surface area contributed by atoms with Crippen LogP contribution < -0.4 is 31.5 Å². The standard InChI is InChI=1S/C41H57ClN10O14S3/c1-22-5-4-6-25(42)34(22)50-38(61)30-19-44-40(69-30)49-31-17-32(46-23(2)45-31)52-11-9-51(10-12-52)13-14-65-41(64)66-15-16-67-68-21-27(39(62)63)48-37(60)26(47-24(3)54)7-8-33(57)43-18-28(55)35(58)36(59)29(56)20-53/h4-6,17,19,26-29,35-36,53,55-56,58-59H,7-16,18,20-21H2,1-3H3,(H,43,57)(H,47,54)(H,48,60)(H,50,61)(H,62,63)(H,44,45,46,49)/t26-,27-,28-,29+,35+,36+/m0/s1. The Labute approximate surface area is 413 Å². The van der Waals surface area contributed by atoms with E-state index in [4.69, 9.17) is 26.2 Å². The summed E-state index contributed by atoms with van der Waals surface area (Å²) >= 11 is 7.44. The van der Waals surface area contributed by atoms with E-state index < -0.39 is 79.5 Å². The van der Waals surface area contributed by atoms with E-state index in [1.165, 1.54) is 28.3 Å². The topological polar surface area (TPSA) is 348 Å². The van der Waals surface area contributed by atoms with Crippen molar-refractivity contribution in [3.8, 4) is 0 Å². The molecule has 11 N–H and O–H groups in total. The molecule has 6 atom stereocenters. The molecule has 1 saturated heterocycles. The Balaban J connectivity index is 1.10. The first-order valence-electron chi connectivity index (χ1n) is 21.4. The van der Waals surface area contributed by atoms with Crippen LogP contribution in [0.3, 0.4) is 0 Å². The molecule has 0 aliphatic carbocycles. The smallest absolute Gasteiger partial charge is 0.480 e. The van der Waals surface area contributed by atoms with Gasteiger partial charge in [0.2, 0.25) is 17.7 Å². The van der Waals surface area contributed by atoms with E-state index in [0.717, 1.165) is 29.1 Å². The molecular formula is C41H57ClN10O14S3. The molecule has 4 amide bonds. The molecule has 0 bridgehead atoms. The maximum Gasteiger partial charge on any atom is 0.508 e. The Bertz CT molecular complexity index is 2190. The molecule has 1 aliphatic rings. The number of ether oxygens (including phenoxy) is 2. The van der Waals surface area contributed by atoms with Gasteiger partial charge in [-0.05, 0) is 31.9 Å². The van der Waals surface area contributed by atoms with Crippen molar-refractivity contribution < 1.29 is 68.9 Å². The Morgan fingerprint density at radius 3 is 2.32 bits per heavy atom. The van der Waals surface area contributed by atoms with Gasteiger partial charge in [-0.25, -0.2) is 24.5 Å². The number of carboxylic acids is 1. The normalized spacial score (nSPS) is 15.4. The lowest BCUT2D eigenvalue weighted by atomic mass is 10.0. The van der Waals surface area contributed by atoms with Crippen molar-refractivity contribution in [2.24, 2.45) is 0 Å². The summed E-state index contributed by atoms with van der Waals surface area (Å²) < 4.78 is 10.4. The zero-order valence-electron chi connectivity index (χ0n) is 37.8. The molecule has 69 heavy (non-hydrogen) atoms. The third-order valence-electron chi connectivity index (χ3n) is 10.1. The first-order valence-corrected chi connectivity index (χ1v) is 25.1. The molecular weight excluding hydrogens is 988 g/mol. The summed E-state index contributed by atoms with van der Waals surface area (Å²) in [4.78, 5) is 92.2. The van der Waals surface area contributed by atoms with Crippen LogP contribution in [0.15, 0.2) is 30.5 Å². The van der Waals surface area contributed by atoms with Crippen molar-refractivity contribution in [3.05, 3.63) is 51.7 Å². The lowest BCUT2D eigenvalue weighted by Crippen LogP contribution is -2.52. The van der Waals surface area contributed by atoms with E-state index in [2.05, 4.69) is 51.3 Å². The van der Waals surface area contributed by atoms with Gasteiger partial charge < -0.3 is 71.6 Å². The van der Waals surface area contributed by atoms with Crippen LogP contribution in [0.2, 0.25) is 5.02 Å². The summed E-state index contributed by atoms with van der Waals surface area (Å²) in [5, 5.41) is 71.5. The second-order valence-corrected chi connectivity index (χ2v) is 19.4. The van der Waals surface area contributed by atoms with Crippen molar-refractivity contribution in [2.45, 2.75) is 70.1 Å². The van der Waals surface area contributed by atoms with Crippen molar-refractivity contribution in [3.63, 3.8) is 0 Å². The highest BCUT2D eigenvalue weighted by Crippen LogP contribution is 2.29. The van der Waals surface area contributed by atoms with Gasteiger partial charge in [-0.15, -0.1) is 0 Å². The summed E-state index contributed by atoms with van der Waals surface area (Å²) in [5.41, 5.74) is 1.38. The van der Waals surface area contributed by atoms with Crippen LogP contribution in [-0.2, 0) is 28.7 Å². The number of nitrogens with zero attached hydrogens (tertiary/aromatic N) is 5. The molecule has 0 spiro atoms. The lowest BCUT2D eigenvalue weighted by Gasteiger charge is -2.35. The number of carbonyl (C=O) groups is 6. The summed E-state index contributed by atoms with van der Waals surface area (Å²) in [7, 11) is 2.27. The van der Waals surface area contributed by atoms with E-state index in [-0.39, 0.29) is 43.5 Å². The maximum atomic E-state index is 13.0. The monoisotopic (exact) mass is 1040 g/mol. The minimum Gasteiger partial charge on any atom is -0.480 e. The minimum absolute atomic E-state index is 0.0370. The highest BCUT2D eigenvalue weighted by Gasteiger charge is 2.31. The lowest BCUT2D eigenvalue weighted by molar-refractivity contribution is -0.141. The summed E-state index contributed by atoms with van der Waals surface area (Å²) in [6, 6.07) is 4.49. The van der Waals surface area contributed by atoms with Crippen LogP contribution in [0.5, 0.6) is 0 Å². The second kappa shape index (κ2) is 28.5. The first kappa shape index (κ1) is 56.5. The average Bonchev–Trinajstić information content (AvgIpc) is 3.78. The molecule has 0 radical (unpaired) electrons. The highest BCUT2D eigenvalue weighted by atomic mass is 35.5. The van der Waals surface area contributed by atoms with Crippen LogP contribution in [-0.4, -0.2) is 193 Å². The SMILES string of the molecule is CC(=O)N[C@@H](CCC(=O)NC[C@H](O)[C@@H](O)[C@H](O)[C@H](O)CO)C(=O)N[C@@H](CSSCCOC(=O)OCCN1CCN(c2cc(Nc3ncc(C(=O)Nc4c(C)cccc4Cl)s3)nc(C)n2)CC1)C(=O)O. The molecule has 3 aromatic rings. The third-order valence-corrected chi connectivity index (χ3v) is 13.7. The molecule has 3 heterocycles. The predicted molar refractivity (Wildman–Crippen MR) is 258 cm³/mol. The molecule has 0 saturated carbocycles. The van der Waals surface area contributed by atoms with Gasteiger partial charge in [-0.3, -0.25) is 24.1 Å². The molecule has 1 aliphatic heterocycles. The Morgan fingerprint density at radius 2 is 1.64 bits per heavy atom. The van der Waals surface area contributed by atoms with Crippen molar-refractivity contribution in [1.29, 1.82) is 0 Å². The molecule has 1 aromatic carbocycles. The van der Waals surface area contributed by atoms with Gasteiger partial charge >= 0.3 is 12.1 Å². The number of rotatable bonds is 27. The van der Waals surface area contributed by atoms with Gasteiger partial charge in [0.05, 0.1) is 29.6 Å². The van der Waals surface area contributed by atoms with Gasteiger partial charge in [0.1, 0.15) is 65.9 Å². The van der Waals surface area contributed by atoms with Crippen molar-refractivity contribution >= 4 is 103 Å². The predicted octanol–water partition coefficient (Wildman–Crippen LogP) is 0.262. The van der Waals surface area contributed by atoms with Crippen LogP contribution in [0.25, 0.3) is 0 Å². The van der Waals surface area contributed by atoms with Gasteiger partial charge in [0, 0.05) is 70.2 Å². The maximum absolute atomic E-state index is 13.0. The number of hydrogen-bond donors (Lipinski definition) is 11. The highest BCUT2D eigenvalue weighted by molar-refractivity contribution is 8.76. The van der Waals surface area contributed by atoms with E-state index in [1.54, 1.807) is 13.0 Å². The number of anilines is 4. The number of aliphatic hydroxyl groups excluding tert-OH is 5. The van der Waals surface area contributed by atoms with E-state index >= 15 is 0 Å². The zero-order chi connectivity index (χ0) is 50.6. The van der Waals surface area contributed by atoms with Crippen LogP contribution in [0, 0.1) is 13.8 Å². The molecule has 0 unspecified atom stereocenters. The van der Waals surface area contributed by atoms with Crippen molar-refractivity contribution in [2.75, 3.05) is 86.1 Å². The van der Waals surface area contributed by atoms with Gasteiger partial charge in [-0.2, -0.15) is 0 Å². The number of aryl methyl sites for hydroxylation is 2. The molecule has 24 nitrogen and oxygen atoms in total. The van der Waals surface area contributed by atoms with Crippen LogP contribution in [0.1, 0.15) is 40.8 Å². The fourth-order valence-corrected chi connectivity index (χ4v) is 9.32. The Hall–Kier alpha value is -5.10. The molecule has 2 aromatic heterocycles. The zero-order valence-corrected chi connectivity index (χ0v) is 41.0. The number of carboxylic acid groups (broad SMARTS) is 1. The largest absolute Gasteiger partial charge is 0.508 e. The molecule has 28 heteroatoms. The molecule has 1 fully saturated rings. The van der Waals surface area contributed by atoms with Crippen molar-refractivity contribution in [1.82, 2.24) is 35.8 Å². The number of aromatic nitrogens is 3. The third kappa shape index (κ3) is 19.0. The fourth-order valence-electron chi connectivity index (χ4n) is 6.35. The van der Waals surface area contributed by atoms with E-state index in [0.29, 0.717) is 65.1 Å². The number of aliphatic carboxylic acids is 1. The fraction of sp³-hybridized carbons (Fsp3) is 0.537. The van der Waals surface area contributed by atoms with Gasteiger partial charge in [0.25, 0.3) is 5.91 Å². The first-order chi connectivity index (χ1) is 32.8. The van der Waals surface area contributed by atoms with Gasteiger partial charge in [0.15, 0.2) is 5.13 Å². The number of aliphatic hydroxyl groups is 5. The number of amides is 4. The average molecular weight is 1050 g/mol. The summed E-state index contributed by atoms with van der Waals surface area (Å²) in [5.74, 6) is -1.97. The number of hydrogen-bond acceptors (Lipinski definition) is 22. The number of benzene rings is 1. The number of nitrogens with one attached hydrogen (secondary N) is 5. The number of carbonyl (C=O) groups excluding carboxylic acids is 5. The summed E-state index contributed by atoms with van der Waals surface area (Å²) in [6.07, 6.45) is -7.26. The number of piperazine rings is 1. The number of para-hydroxylation sites is 1. The van der Waals surface area contributed by atoms with E-state index in [1.807, 2.05) is 25.1 Å². The molecule has 4 rings (SSSR count). The molecule has 380 valence electrons. The van der Waals surface area contributed by atoms with Crippen LogP contribution in [0.4, 0.5) is 27.2 Å². The van der Waals surface area contributed by atoms with E-state index in [9.17, 15) is 54.3 Å². The second-order valence-electron chi connectivity index (χ2n) is 15.4. The Kier molecular flexibility index (Phi) is 23.4. The number of halogens is 1. The quantitative estimate of drug-likeness (QED) is 0.0277. The van der Waals surface area contributed by atoms with Gasteiger partial charge in [-0.1, -0.05) is 56.7 Å².